The van der Waals surface area contributed by atoms with Crippen LogP contribution in [0, 0.1) is 11.3 Å². The molecule has 0 aliphatic carbocycles. The molecule has 2 aromatic heterocycles. The standard InChI is InChI=1S/C18H17Cl3N6/c19-5-7-26(8-6-20)12-14-9-17(25-16-4-2-1-3-15(16)21)27-18(24-14)13(10-22)11-23-27/h1-4,9,11,25H,5-8,12H2. The van der Waals surface area contributed by atoms with Crippen molar-refractivity contribution in [1.29, 1.82) is 5.26 Å². The molecule has 2 heterocycles. The lowest BCUT2D eigenvalue weighted by Crippen LogP contribution is -2.28. The second-order valence-electron chi connectivity index (χ2n) is 5.80. The molecule has 3 aromatic rings. The normalized spacial score (nSPS) is 11.1. The van der Waals surface area contributed by atoms with Crippen molar-refractivity contribution < 1.29 is 0 Å². The molecule has 140 valence electrons. The van der Waals surface area contributed by atoms with E-state index in [0.29, 0.717) is 53.4 Å². The van der Waals surface area contributed by atoms with Gasteiger partial charge in [-0.25, -0.2) is 4.98 Å². The predicted octanol–water partition coefficient (Wildman–Crippen LogP) is 4.28. The highest BCUT2D eigenvalue weighted by Crippen LogP contribution is 2.26. The van der Waals surface area contributed by atoms with Gasteiger partial charge in [-0.1, -0.05) is 23.7 Å². The van der Waals surface area contributed by atoms with Gasteiger partial charge in [-0.05, 0) is 12.1 Å². The number of para-hydroxylation sites is 1. The van der Waals surface area contributed by atoms with Gasteiger partial charge in [-0.2, -0.15) is 14.9 Å². The Kier molecular flexibility index (Phi) is 6.75. The van der Waals surface area contributed by atoms with E-state index in [4.69, 9.17) is 34.8 Å². The fourth-order valence-electron chi connectivity index (χ4n) is 2.70. The lowest BCUT2D eigenvalue weighted by molar-refractivity contribution is 0.296. The number of fused-ring (bicyclic) bond motifs is 1. The zero-order valence-electron chi connectivity index (χ0n) is 14.4. The van der Waals surface area contributed by atoms with Gasteiger partial charge in [0.1, 0.15) is 17.5 Å². The summed E-state index contributed by atoms with van der Waals surface area (Å²) in [6, 6.07) is 11.4. The van der Waals surface area contributed by atoms with Crippen LogP contribution in [0.3, 0.4) is 0 Å². The molecule has 0 saturated heterocycles. The number of nitriles is 1. The minimum Gasteiger partial charge on any atom is -0.339 e. The van der Waals surface area contributed by atoms with Gasteiger partial charge in [0.05, 0.1) is 22.6 Å². The smallest absolute Gasteiger partial charge is 0.175 e. The zero-order valence-corrected chi connectivity index (χ0v) is 16.6. The summed E-state index contributed by atoms with van der Waals surface area (Å²) >= 11 is 18.0. The van der Waals surface area contributed by atoms with Crippen LogP contribution in [0.5, 0.6) is 0 Å². The Labute approximate surface area is 172 Å². The molecule has 1 aromatic carbocycles. The third-order valence-electron chi connectivity index (χ3n) is 3.97. The zero-order chi connectivity index (χ0) is 19.2. The second-order valence-corrected chi connectivity index (χ2v) is 6.96. The van der Waals surface area contributed by atoms with Crippen molar-refractivity contribution in [3.05, 3.63) is 52.8 Å². The van der Waals surface area contributed by atoms with Gasteiger partial charge in [-0.3, -0.25) is 4.90 Å². The monoisotopic (exact) mass is 422 g/mol. The van der Waals surface area contributed by atoms with Crippen LogP contribution in [0.1, 0.15) is 11.3 Å². The molecule has 0 spiro atoms. The molecule has 0 aliphatic rings. The van der Waals surface area contributed by atoms with E-state index in [2.05, 4.69) is 26.4 Å². The molecule has 0 saturated carbocycles. The molecule has 0 fully saturated rings. The van der Waals surface area contributed by atoms with E-state index in [1.54, 1.807) is 10.6 Å². The number of nitrogens with one attached hydrogen (secondary N) is 1. The minimum absolute atomic E-state index is 0.403. The maximum atomic E-state index is 9.36. The van der Waals surface area contributed by atoms with Crippen LogP contribution in [-0.4, -0.2) is 44.3 Å². The van der Waals surface area contributed by atoms with Crippen LogP contribution in [0.2, 0.25) is 5.02 Å². The van der Waals surface area contributed by atoms with Crippen LogP contribution in [0.4, 0.5) is 11.5 Å². The second kappa shape index (κ2) is 9.25. The van der Waals surface area contributed by atoms with Gasteiger partial charge in [0.15, 0.2) is 5.65 Å². The highest BCUT2D eigenvalue weighted by Gasteiger charge is 2.14. The minimum atomic E-state index is 0.403. The number of aromatic nitrogens is 3. The highest BCUT2D eigenvalue weighted by atomic mass is 35.5. The summed E-state index contributed by atoms with van der Waals surface area (Å²) in [4.78, 5) is 6.72. The average Bonchev–Trinajstić information content (AvgIpc) is 3.07. The van der Waals surface area contributed by atoms with Crippen molar-refractivity contribution in [1.82, 2.24) is 19.5 Å². The quantitative estimate of drug-likeness (QED) is 0.548. The van der Waals surface area contributed by atoms with Crippen molar-refractivity contribution in [3.63, 3.8) is 0 Å². The summed E-state index contributed by atoms with van der Waals surface area (Å²) in [5.41, 5.74) is 2.41. The first-order chi connectivity index (χ1) is 13.2. The molecule has 3 rings (SSSR count). The molecule has 0 unspecified atom stereocenters. The highest BCUT2D eigenvalue weighted by molar-refractivity contribution is 6.33. The van der Waals surface area contributed by atoms with E-state index >= 15 is 0 Å². The van der Waals surface area contributed by atoms with Crippen LogP contribution in [0.15, 0.2) is 36.5 Å². The molecule has 0 atom stereocenters. The van der Waals surface area contributed by atoms with Crippen molar-refractivity contribution in [2.45, 2.75) is 6.54 Å². The Morgan fingerprint density at radius 2 is 1.93 bits per heavy atom. The molecule has 9 heteroatoms. The summed E-state index contributed by atoms with van der Waals surface area (Å²) in [6.07, 6.45) is 1.50. The number of rotatable bonds is 8. The SMILES string of the molecule is N#Cc1cnn2c(Nc3ccccc3Cl)cc(CN(CCCl)CCCl)nc12. The first kappa shape index (κ1) is 19.7. The van der Waals surface area contributed by atoms with E-state index in [0.717, 1.165) is 11.4 Å². The van der Waals surface area contributed by atoms with E-state index in [1.165, 1.54) is 6.20 Å². The molecular weight excluding hydrogens is 407 g/mol. The summed E-state index contributed by atoms with van der Waals surface area (Å²) in [5.74, 6) is 1.67. The van der Waals surface area contributed by atoms with Crippen LogP contribution >= 0.6 is 34.8 Å². The predicted molar refractivity (Wildman–Crippen MR) is 109 cm³/mol. The Morgan fingerprint density at radius 3 is 2.59 bits per heavy atom. The molecule has 0 aliphatic heterocycles. The van der Waals surface area contributed by atoms with Gasteiger partial charge < -0.3 is 5.32 Å². The fraction of sp³-hybridized carbons (Fsp3) is 0.278. The Bertz CT molecular complexity index is 959. The summed E-state index contributed by atoms with van der Waals surface area (Å²) in [5, 5.41) is 17.5. The Morgan fingerprint density at radius 1 is 1.19 bits per heavy atom. The molecule has 6 nitrogen and oxygen atoms in total. The van der Waals surface area contributed by atoms with Crippen molar-refractivity contribution in [2.75, 3.05) is 30.2 Å². The number of anilines is 2. The topological polar surface area (TPSA) is 69.2 Å². The third kappa shape index (κ3) is 4.63. The van der Waals surface area contributed by atoms with Gasteiger partial charge >= 0.3 is 0 Å². The van der Waals surface area contributed by atoms with Crippen LogP contribution in [0.25, 0.3) is 5.65 Å². The molecule has 0 radical (unpaired) electrons. The van der Waals surface area contributed by atoms with Crippen LogP contribution < -0.4 is 5.32 Å². The number of halogens is 3. The average molecular weight is 424 g/mol. The lowest BCUT2D eigenvalue weighted by Gasteiger charge is -2.20. The molecular formula is C18H17Cl3N6. The maximum Gasteiger partial charge on any atom is 0.175 e. The number of alkyl halides is 2. The summed E-state index contributed by atoms with van der Waals surface area (Å²) in [7, 11) is 0. The number of nitrogens with zero attached hydrogens (tertiary/aromatic N) is 5. The van der Waals surface area contributed by atoms with E-state index in [1.807, 2.05) is 24.3 Å². The summed E-state index contributed by atoms with van der Waals surface area (Å²) < 4.78 is 1.60. The van der Waals surface area contributed by atoms with Crippen molar-refractivity contribution >= 4 is 52.0 Å². The lowest BCUT2D eigenvalue weighted by atomic mass is 10.3. The van der Waals surface area contributed by atoms with E-state index in [-0.39, 0.29) is 0 Å². The summed E-state index contributed by atoms with van der Waals surface area (Å²) in [6.45, 7) is 1.95. The number of hydrogen-bond donors (Lipinski definition) is 1. The Hall–Kier alpha value is -2.04. The third-order valence-corrected chi connectivity index (χ3v) is 4.64. The molecule has 27 heavy (non-hydrogen) atoms. The number of hydrogen-bond acceptors (Lipinski definition) is 5. The largest absolute Gasteiger partial charge is 0.339 e. The van der Waals surface area contributed by atoms with Crippen LogP contribution in [-0.2, 0) is 6.54 Å². The first-order valence-electron chi connectivity index (χ1n) is 8.30. The molecule has 0 bridgehead atoms. The molecule has 1 N–H and O–H groups in total. The first-order valence-corrected chi connectivity index (χ1v) is 9.74. The fourth-order valence-corrected chi connectivity index (χ4v) is 3.36. The van der Waals surface area contributed by atoms with Gasteiger partial charge in [-0.15, -0.1) is 23.2 Å². The van der Waals surface area contributed by atoms with E-state index in [9.17, 15) is 5.26 Å². The maximum absolute atomic E-state index is 9.36. The van der Waals surface area contributed by atoms with Gasteiger partial charge in [0.2, 0.25) is 0 Å². The van der Waals surface area contributed by atoms with Gasteiger partial charge in [0, 0.05) is 37.5 Å². The molecule has 0 amide bonds. The van der Waals surface area contributed by atoms with Crippen molar-refractivity contribution in [3.8, 4) is 6.07 Å². The van der Waals surface area contributed by atoms with Gasteiger partial charge in [0.25, 0.3) is 0 Å². The Balaban J connectivity index is 2.02. The number of benzene rings is 1. The van der Waals surface area contributed by atoms with E-state index < -0.39 is 0 Å². The van der Waals surface area contributed by atoms with Crippen molar-refractivity contribution in [2.24, 2.45) is 0 Å².